The topological polar surface area (TPSA) is 110 Å². The van der Waals surface area contributed by atoms with Crippen molar-refractivity contribution in [3.63, 3.8) is 0 Å². The zero-order chi connectivity index (χ0) is 21.4. The summed E-state index contributed by atoms with van der Waals surface area (Å²) in [4.78, 5) is 11.1. The number of carbonyl (C=O) groups is 1. The summed E-state index contributed by atoms with van der Waals surface area (Å²) in [5, 5.41) is 9.94. The molecular weight excluding hydrogens is 380 g/mol. The van der Waals surface area contributed by atoms with E-state index in [0.717, 1.165) is 22.3 Å². The lowest BCUT2D eigenvalue weighted by Gasteiger charge is -2.10. The second-order valence-corrected chi connectivity index (χ2v) is 7.52. The van der Waals surface area contributed by atoms with Crippen LogP contribution >= 0.6 is 0 Å². The van der Waals surface area contributed by atoms with E-state index in [0.29, 0.717) is 12.3 Å². The highest BCUT2D eigenvalue weighted by Crippen LogP contribution is 2.09. The molecular formula is C20H30N2O5S. The molecule has 1 rings (SSSR count). The maximum absolute atomic E-state index is 11.8. The minimum atomic E-state index is -3.62. The van der Waals surface area contributed by atoms with Gasteiger partial charge in [0.25, 0.3) is 0 Å². The van der Waals surface area contributed by atoms with E-state index in [9.17, 15) is 13.2 Å². The Hall–Kier alpha value is -2.42. The Bertz CT molecular complexity index is 754. The second-order valence-electron chi connectivity index (χ2n) is 5.59. The van der Waals surface area contributed by atoms with E-state index in [2.05, 4.69) is 6.92 Å². The first kappa shape index (κ1) is 25.6. The smallest absolute Gasteiger partial charge is 0.335 e. The molecule has 7 nitrogen and oxygen atoms in total. The molecule has 0 fully saturated rings. The molecule has 0 unspecified atom stereocenters. The van der Waals surface area contributed by atoms with Gasteiger partial charge < -0.3 is 15.6 Å². The fraction of sp³-hybridized carbons (Fsp3) is 0.350. The van der Waals surface area contributed by atoms with Crippen molar-refractivity contribution in [3.8, 4) is 5.75 Å². The van der Waals surface area contributed by atoms with Crippen molar-refractivity contribution in [1.29, 1.82) is 0 Å². The predicted octanol–water partition coefficient (Wildman–Crippen LogP) is 3.13. The van der Waals surface area contributed by atoms with Crippen molar-refractivity contribution < 1.29 is 23.1 Å². The first-order chi connectivity index (χ1) is 13.3. The fourth-order valence-corrected chi connectivity index (χ4v) is 2.49. The summed E-state index contributed by atoms with van der Waals surface area (Å²) in [6.07, 6.45) is 7.38. The fourth-order valence-electron chi connectivity index (χ4n) is 1.61. The molecule has 0 aromatic heterocycles. The lowest BCUT2D eigenvalue weighted by Crippen LogP contribution is -2.24. The third-order valence-electron chi connectivity index (χ3n) is 3.41. The zero-order valence-electron chi connectivity index (χ0n) is 16.6. The molecule has 0 aliphatic rings. The van der Waals surface area contributed by atoms with Gasteiger partial charge in [-0.15, -0.1) is 0 Å². The normalized spacial score (nSPS) is 12.2. The lowest BCUT2D eigenvalue weighted by atomic mass is 10.2. The molecule has 3 N–H and O–H groups in total. The molecule has 0 radical (unpaired) electrons. The zero-order valence-corrected chi connectivity index (χ0v) is 17.4. The number of hydrogen-bond donors (Lipinski definition) is 2. The molecule has 0 amide bonds. The summed E-state index contributed by atoms with van der Waals surface area (Å²) in [5.41, 5.74) is 4.96. The number of nitrogens with two attached hydrogens (primary N) is 1. The van der Waals surface area contributed by atoms with Crippen LogP contribution in [0, 0.1) is 0 Å². The van der Waals surface area contributed by atoms with E-state index >= 15 is 0 Å². The van der Waals surface area contributed by atoms with E-state index in [1.807, 2.05) is 6.07 Å². The van der Waals surface area contributed by atoms with Crippen LogP contribution in [0.1, 0.15) is 26.7 Å². The Morgan fingerprint density at radius 1 is 1.25 bits per heavy atom. The largest absolute Gasteiger partial charge is 0.478 e. The average Bonchev–Trinajstić information content (AvgIpc) is 2.68. The van der Waals surface area contributed by atoms with Crippen LogP contribution < -0.4 is 10.5 Å². The van der Waals surface area contributed by atoms with E-state index in [-0.39, 0.29) is 5.57 Å². The highest BCUT2D eigenvalue weighted by Gasteiger charge is 2.12. The number of para-hydroxylation sites is 1. The van der Waals surface area contributed by atoms with Gasteiger partial charge in [-0.05, 0) is 43.3 Å². The number of unbranched alkanes of at least 4 members (excludes halogenated alkanes) is 1. The van der Waals surface area contributed by atoms with Gasteiger partial charge in [-0.25, -0.2) is 17.5 Å². The second kappa shape index (κ2) is 14.6. The molecule has 0 bridgehead atoms. The average molecular weight is 411 g/mol. The van der Waals surface area contributed by atoms with Crippen molar-refractivity contribution in [2.45, 2.75) is 26.7 Å². The maximum atomic E-state index is 11.8. The van der Waals surface area contributed by atoms with Gasteiger partial charge >= 0.3 is 5.97 Å². The predicted molar refractivity (Wildman–Crippen MR) is 112 cm³/mol. The van der Waals surface area contributed by atoms with E-state index < -0.39 is 16.0 Å². The Labute approximate surface area is 167 Å². The number of ether oxygens (including phenoxy) is 1. The molecule has 0 aliphatic heterocycles. The Balaban J connectivity index is 0.00000129. The third kappa shape index (κ3) is 11.3. The number of hydrogen-bond acceptors (Lipinski definition) is 5. The molecule has 0 spiro atoms. The third-order valence-corrected chi connectivity index (χ3v) is 5.01. The van der Waals surface area contributed by atoms with Gasteiger partial charge in [0.2, 0.25) is 10.0 Å². The summed E-state index contributed by atoms with van der Waals surface area (Å²) in [6, 6.07) is 8.95. The molecule has 0 saturated carbocycles. The van der Waals surface area contributed by atoms with Gasteiger partial charge in [0, 0.05) is 19.0 Å². The van der Waals surface area contributed by atoms with Crippen LogP contribution in [-0.4, -0.2) is 43.9 Å². The molecule has 156 valence electrons. The number of carboxylic acids is 1. The SMILES string of the molecule is CCCCN.CCN(C)S(=O)(=O)/C=C/C(=C\C=C\Oc1ccccc1)C(=O)O. The van der Waals surface area contributed by atoms with Gasteiger partial charge in [-0.3, -0.25) is 0 Å². The highest BCUT2D eigenvalue weighted by molar-refractivity contribution is 7.92. The molecule has 1 aromatic rings. The van der Waals surface area contributed by atoms with Crippen molar-refractivity contribution in [2.24, 2.45) is 5.73 Å². The standard InChI is InChI=1S/C16H19NO5S.C4H11N/c1-3-17(2)23(20,21)13-11-14(16(18)19)8-7-12-22-15-9-5-4-6-10-15;1-2-3-4-5/h4-13H,3H2,1-2H3,(H,18,19);2-5H2,1H3/b12-7+,13-11+,14-8+;. The first-order valence-electron chi connectivity index (χ1n) is 8.94. The number of benzene rings is 1. The van der Waals surface area contributed by atoms with Gasteiger partial charge in [0.05, 0.1) is 11.8 Å². The highest BCUT2D eigenvalue weighted by atomic mass is 32.2. The molecule has 8 heteroatoms. The molecule has 28 heavy (non-hydrogen) atoms. The van der Waals surface area contributed by atoms with E-state index in [4.69, 9.17) is 15.6 Å². The molecule has 0 saturated heterocycles. The number of nitrogens with zero attached hydrogens (tertiary/aromatic N) is 1. The minimum absolute atomic E-state index is 0.175. The van der Waals surface area contributed by atoms with Crippen molar-refractivity contribution in [3.05, 3.63) is 65.8 Å². The van der Waals surface area contributed by atoms with Crippen LogP contribution in [0.4, 0.5) is 0 Å². The van der Waals surface area contributed by atoms with Gasteiger partial charge in [-0.2, -0.15) is 0 Å². The number of sulfonamides is 1. The van der Waals surface area contributed by atoms with Crippen LogP contribution in [0.2, 0.25) is 0 Å². The number of allylic oxidation sites excluding steroid dienone is 2. The van der Waals surface area contributed by atoms with Gasteiger partial charge in [0.1, 0.15) is 5.75 Å². The van der Waals surface area contributed by atoms with Crippen LogP contribution in [0.3, 0.4) is 0 Å². The Kier molecular flexibility index (Phi) is 13.4. The summed E-state index contributed by atoms with van der Waals surface area (Å²) in [5.74, 6) is -0.628. The monoisotopic (exact) mass is 410 g/mol. The Morgan fingerprint density at radius 2 is 1.89 bits per heavy atom. The van der Waals surface area contributed by atoms with Crippen molar-refractivity contribution in [1.82, 2.24) is 4.31 Å². The van der Waals surface area contributed by atoms with Crippen LogP contribution in [-0.2, 0) is 14.8 Å². The summed E-state index contributed by atoms with van der Waals surface area (Å²) in [6.45, 7) is 4.95. The first-order valence-corrected chi connectivity index (χ1v) is 10.4. The maximum Gasteiger partial charge on any atom is 0.335 e. The minimum Gasteiger partial charge on any atom is -0.478 e. The van der Waals surface area contributed by atoms with Crippen molar-refractivity contribution >= 4 is 16.0 Å². The van der Waals surface area contributed by atoms with Gasteiger partial charge in [0.15, 0.2) is 0 Å². The molecule has 0 atom stereocenters. The van der Waals surface area contributed by atoms with E-state index in [1.165, 1.54) is 38.3 Å². The summed E-state index contributed by atoms with van der Waals surface area (Å²) in [7, 11) is -2.21. The molecule has 0 heterocycles. The van der Waals surface area contributed by atoms with Crippen LogP contribution in [0.15, 0.2) is 65.8 Å². The lowest BCUT2D eigenvalue weighted by molar-refractivity contribution is -0.132. The van der Waals surface area contributed by atoms with Crippen molar-refractivity contribution in [2.75, 3.05) is 20.1 Å². The summed E-state index contributed by atoms with van der Waals surface area (Å²) >= 11 is 0. The Morgan fingerprint density at radius 3 is 2.36 bits per heavy atom. The van der Waals surface area contributed by atoms with Crippen LogP contribution in [0.25, 0.3) is 0 Å². The summed E-state index contributed by atoms with van der Waals surface area (Å²) < 4.78 is 29.9. The van der Waals surface area contributed by atoms with Gasteiger partial charge in [-0.1, -0.05) is 38.5 Å². The number of rotatable bonds is 10. The number of carboxylic acid groups (broad SMARTS) is 1. The molecule has 0 aliphatic carbocycles. The quantitative estimate of drug-likeness (QED) is 0.348. The molecule has 1 aromatic carbocycles. The van der Waals surface area contributed by atoms with E-state index in [1.54, 1.807) is 31.2 Å². The van der Waals surface area contributed by atoms with Crippen LogP contribution in [0.5, 0.6) is 5.75 Å². The number of aliphatic carboxylic acids is 1.